The van der Waals surface area contributed by atoms with Crippen LogP contribution >= 0.6 is 0 Å². The van der Waals surface area contributed by atoms with Gasteiger partial charge in [-0.1, -0.05) is 25.1 Å². The molecular weight excluding hydrogens is 315 g/mol. The molecule has 5 nitrogen and oxygen atoms in total. The van der Waals surface area contributed by atoms with E-state index >= 15 is 0 Å². The number of hydrogen-bond donors (Lipinski definition) is 2. The number of aliphatic carboxylic acids is 1. The van der Waals surface area contributed by atoms with Crippen LogP contribution in [0, 0.1) is 0 Å². The number of ether oxygens (including phenoxy) is 1. The van der Waals surface area contributed by atoms with E-state index in [4.69, 9.17) is 9.84 Å². The Morgan fingerprint density at radius 2 is 2.04 bits per heavy atom. The molecule has 0 fully saturated rings. The number of carbonyl (C=O) groups excluding carboxylic acids is 1. The van der Waals surface area contributed by atoms with Crippen LogP contribution < -0.4 is 5.32 Å². The van der Waals surface area contributed by atoms with Crippen molar-refractivity contribution in [2.75, 3.05) is 19.8 Å². The van der Waals surface area contributed by atoms with E-state index in [1.165, 1.54) is 12.1 Å². The first kappa shape index (κ1) is 19.0. The summed E-state index contributed by atoms with van der Waals surface area (Å²) in [7, 11) is 0. The minimum Gasteiger partial charge on any atom is -0.480 e. The molecule has 0 saturated carbocycles. The maximum absolute atomic E-state index is 12.7. The van der Waals surface area contributed by atoms with Crippen molar-refractivity contribution >= 4 is 11.9 Å². The van der Waals surface area contributed by atoms with Gasteiger partial charge < -0.3 is 15.2 Å². The van der Waals surface area contributed by atoms with Crippen molar-refractivity contribution in [1.82, 2.24) is 5.32 Å². The smallest absolute Gasteiger partial charge is 0.416 e. The summed E-state index contributed by atoms with van der Waals surface area (Å²) in [4.78, 5) is 22.3. The molecule has 0 aliphatic carbocycles. The normalized spacial score (nSPS) is 12.7. The van der Waals surface area contributed by atoms with Crippen LogP contribution in [-0.2, 0) is 20.5 Å². The lowest BCUT2D eigenvalue weighted by Crippen LogP contribution is -2.32. The second-order valence-electron chi connectivity index (χ2n) is 4.82. The quantitative estimate of drug-likeness (QED) is 0.717. The van der Waals surface area contributed by atoms with Crippen molar-refractivity contribution in [2.45, 2.75) is 25.4 Å². The standard InChI is InChI=1S/C15H18F3NO4/c1-2-12(14(22)19-6-7-23-9-13(20)21)10-4-3-5-11(8-10)15(16,17)18/h3-5,8,12H,2,6-7,9H2,1H3,(H,19,22)(H,20,21). The molecule has 0 saturated heterocycles. The lowest BCUT2D eigenvalue weighted by Gasteiger charge is -2.17. The minimum absolute atomic E-state index is 0.0110. The van der Waals surface area contributed by atoms with E-state index in [0.717, 1.165) is 12.1 Å². The fourth-order valence-electron chi connectivity index (χ4n) is 2.03. The van der Waals surface area contributed by atoms with Gasteiger partial charge in [0, 0.05) is 6.54 Å². The molecule has 0 aliphatic rings. The molecule has 1 rings (SSSR count). The van der Waals surface area contributed by atoms with Gasteiger partial charge in [-0.15, -0.1) is 0 Å². The highest BCUT2D eigenvalue weighted by Gasteiger charge is 2.31. The topological polar surface area (TPSA) is 75.6 Å². The molecule has 128 valence electrons. The Morgan fingerprint density at radius 3 is 2.61 bits per heavy atom. The molecule has 1 aromatic rings. The van der Waals surface area contributed by atoms with Crippen LogP contribution in [0.25, 0.3) is 0 Å². The van der Waals surface area contributed by atoms with Gasteiger partial charge in [-0.05, 0) is 18.1 Å². The number of amides is 1. The largest absolute Gasteiger partial charge is 0.480 e. The molecule has 23 heavy (non-hydrogen) atoms. The molecule has 1 aromatic carbocycles. The van der Waals surface area contributed by atoms with Crippen molar-refractivity contribution in [1.29, 1.82) is 0 Å². The van der Waals surface area contributed by atoms with E-state index in [1.807, 2.05) is 0 Å². The van der Waals surface area contributed by atoms with E-state index in [1.54, 1.807) is 6.92 Å². The van der Waals surface area contributed by atoms with Crippen LogP contribution in [0.1, 0.15) is 30.4 Å². The second kappa shape index (κ2) is 8.52. The van der Waals surface area contributed by atoms with Gasteiger partial charge in [0.05, 0.1) is 18.1 Å². The zero-order chi connectivity index (χ0) is 17.5. The first-order chi connectivity index (χ1) is 10.8. The summed E-state index contributed by atoms with van der Waals surface area (Å²) in [6.45, 7) is 1.32. The van der Waals surface area contributed by atoms with Crippen LogP contribution in [0.15, 0.2) is 24.3 Å². The van der Waals surface area contributed by atoms with Crippen LogP contribution in [-0.4, -0.2) is 36.7 Å². The van der Waals surface area contributed by atoms with Crippen LogP contribution in [0.2, 0.25) is 0 Å². The van der Waals surface area contributed by atoms with Crippen molar-refractivity contribution in [3.8, 4) is 0 Å². The predicted molar refractivity (Wildman–Crippen MR) is 75.9 cm³/mol. The van der Waals surface area contributed by atoms with Gasteiger partial charge in [-0.3, -0.25) is 4.79 Å². The number of carboxylic acids is 1. The van der Waals surface area contributed by atoms with Crippen molar-refractivity contribution in [2.24, 2.45) is 0 Å². The molecule has 8 heteroatoms. The third kappa shape index (κ3) is 6.27. The molecule has 1 amide bonds. The van der Waals surface area contributed by atoms with E-state index in [2.05, 4.69) is 5.32 Å². The van der Waals surface area contributed by atoms with Crippen LogP contribution in [0.3, 0.4) is 0 Å². The van der Waals surface area contributed by atoms with Gasteiger partial charge in [-0.2, -0.15) is 13.2 Å². The van der Waals surface area contributed by atoms with E-state index in [9.17, 15) is 22.8 Å². The maximum Gasteiger partial charge on any atom is 0.416 e. The summed E-state index contributed by atoms with van der Waals surface area (Å²) in [6, 6.07) is 4.66. The summed E-state index contributed by atoms with van der Waals surface area (Å²) < 4.78 is 42.9. The number of alkyl halides is 3. The Balaban J connectivity index is 2.65. The monoisotopic (exact) mass is 333 g/mol. The highest BCUT2D eigenvalue weighted by atomic mass is 19.4. The van der Waals surface area contributed by atoms with Crippen molar-refractivity contribution in [3.63, 3.8) is 0 Å². The first-order valence-corrected chi connectivity index (χ1v) is 7.00. The molecule has 0 spiro atoms. The molecule has 0 aromatic heterocycles. The Kier molecular flexibility index (Phi) is 7.02. The summed E-state index contributed by atoms with van der Waals surface area (Å²) in [5.74, 6) is -2.26. The predicted octanol–water partition coefficient (Wildman–Crippen LogP) is 2.42. The second-order valence-corrected chi connectivity index (χ2v) is 4.82. The maximum atomic E-state index is 12.7. The molecular formula is C15H18F3NO4. The number of rotatable bonds is 8. The molecule has 0 bridgehead atoms. The van der Waals surface area contributed by atoms with Gasteiger partial charge >= 0.3 is 12.1 Å². The zero-order valence-electron chi connectivity index (χ0n) is 12.5. The summed E-state index contributed by atoms with van der Waals surface area (Å²) >= 11 is 0. The number of carboxylic acid groups (broad SMARTS) is 1. The van der Waals surface area contributed by atoms with Gasteiger partial charge in [0.2, 0.25) is 5.91 Å². The average Bonchev–Trinajstić information content (AvgIpc) is 2.47. The van der Waals surface area contributed by atoms with Crippen LogP contribution in [0.5, 0.6) is 0 Å². The molecule has 1 atom stereocenters. The Morgan fingerprint density at radius 1 is 1.35 bits per heavy atom. The van der Waals surface area contributed by atoms with Gasteiger partial charge in [0.25, 0.3) is 0 Å². The molecule has 0 heterocycles. The number of benzene rings is 1. The first-order valence-electron chi connectivity index (χ1n) is 7.00. The summed E-state index contributed by atoms with van der Waals surface area (Å²) in [5.41, 5.74) is -0.516. The fourth-order valence-corrected chi connectivity index (χ4v) is 2.03. The average molecular weight is 333 g/mol. The lowest BCUT2D eigenvalue weighted by molar-refractivity contribution is -0.142. The number of nitrogens with one attached hydrogen (secondary N) is 1. The van der Waals surface area contributed by atoms with Gasteiger partial charge in [-0.25, -0.2) is 4.79 Å². The van der Waals surface area contributed by atoms with Gasteiger partial charge in [0.1, 0.15) is 6.61 Å². The minimum atomic E-state index is -4.46. The highest BCUT2D eigenvalue weighted by Crippen LogP contribution is 2.31. The lowest BCUT2D eigenvalue weighted by atomic mass is 9.94. The number of carbonyl (C=O) groups is 2. The SMILES string of the molecule is CCC(C(=O)NCCOCC(=O)O)c1cccc(C(F)(F)F)c1. The van der Waals surface area contributed by atoms with E-state index in [0.29, 0.717) is 6.42 Å². The Bertz CT molecular complexity index is 546. The molecule has 0 radical (unpaired) electrons. The van der Waals surface area contributed by atoms with Gasteiger partial charge in [0.15, 0.2) is 0 Å². The molecule has 2 N–H and O–H groups in total. The zero-order valence-corrected chi connectivity index (χ0v) is 12.5. The highest BCUT2D eigenvalue weighted by molar-refractivity contribution is 5.83. The molecule has 0 aliphatic heterocycles. The van der Waals surface area contributed by atoms with E-state index < -0.39 is 36.1 Å². The van der Waals surface area contributed by atoms with E-state index in [-0.39, 0.29) is 18.7 Å². The fraction of sp³-hybridized carbons (Fsp3) is 0.467. The number of halogens is 3. The Labute approximate surface area is 131 Å². The van der Waals surface area contributed by atoms with Crippen molar-refractivity contribution in [3.05, 3.63) is 35.4 Å². The Hall–Kier alpha value is -2.09. The molecule has 1 unspecified atom stereocenters. The number of hydrogen-bond acceptors (Lipinski definition) is 3. The third-order valence-corrected chi connectivity index (χ3v) is 3.11. The summed E-state index contributed by atoms with van der Waals surface area (Å²) in [5, 5.41) is 10.9. The van der Waals surface area contributed by atoms with Crippen LogP contribution in [0.4, 0.5) is 13.2 Å². The summed E-state index contributed by atoms with van der Waals surface area (Å²) in [6.07, 6.45) is -4.13. The van der Waals surface area contributed by atoms with Crippen molar-refractivity contribution < 1.29 is 32.6 Å². The third-order valence-electron chi connectivity index (χ3n) is 3.11.